The number of nitrogen functional groups attached to an aromatic ring is 1. The van der Waals surface area contributed by atoms with Crippen LogP contribution in [0.1, 0.15) is 21.5 Å². The molecule has 2 aromatic carbocycles. The van der Waals surface area contributed by atoms with Gasteiger partial charge in [-0.3, -0.25) is 4.79 Å². The zero-order valence-corrected chi connectivity index (χ0v) is 12.1. The monoisotopic (exact) mass is 366 g/mol. The first-order chi connectivity index (χ1) is 11.4. The SMILES string of the molecule is Nc1cc(F)ccc1C(=O)Nc1cc(C(F)(F)F)cc(C(F)(F)F)c1. The van der Waals surface area contributed by atoms with E-state index in [1.165, 1.54) is 0 Å². The van der Waals surface area contributed by atoms with Crippen molar-refractivity contribution < 1.29 is 35.5 Å². The number of rotatable bonds is 2. The fourth-order valence-electron chi connectivity index (χ4n) is 1.97. The van der Waals surface area contributed by atoms with Gasteiger partial charge >= 0.3 is 12.4 Å². The Morgan fingerprint density at radius 3 is 1.84 bits per heavy atom. The summed E-state index contributed by atoms with van der Waals surface area (Å²) in [6.07, 6.45) is -10.1. The second kappa shape index (κ2) is 6.26. The molecule has 10 heteroatoms. The van der Waals surface area contributed by atoms with Crippen molar-refractivity contribution in [3.8, 4) is 0 Å². The molecule has 3 N–H and O–H groups in total. The Balaban J connectivity index is 2.43. The molecule has 134 valence electrons. The van der Waals surface area contributed by atoms with Gasteiger partial charge in [0.15, 0.2) is 0 Å². The first-order valence-corrected chi connectivity index (χ1v) is 6.54. The van der Waals surface area contributed by atoms with E-state index >= 15 is 0 Å². The molecule has 0 aromatic heterocycles. The van der Waals surface area contributed by atoms with E-state index in [0.717, 1.165) is 18.2 Å². The van der Waals surface area contributed by atoms with Crippen LogP contribution in [0.4, 0.5) is 42.1 Å². The van der Waals surface area contributed by atoms with Gasteiger partial charge in [0.25, 0.3) is 5.91 Å². The lowest BCUT2D eigenvalue weighted by Gasteiger charge is -2.15. The van der Waals surface area contributed by atoms with E-state index in [2.05, 4.69) is 0 Å². The summed E-state index contributed by atoms with van der Waals surface area (Å²) in [6, 6.07) is 3.26. The number of benzene rings is 2. The Labute approximate surface area is 136 Å². The highest BCUT2D eigenvalue weighted by Crippen LogP contribution is 2.37. The predicted molar refractivity (Wildman–Crippen MR) is 75.2 cm³/mol. The summed E-state index contributed by atoms with van der Waals surface area (Å²) in [5.74, 6) is -1.84. The summed E-state index contributed by atoms with van der Waals surface area (Å²) in [7, 11) is 0. The summed E-state index contributed by atoms with van der Waals surface area (Å²) in [5.41, 5.74) is 0.912. The van der Waals surface area contributed by atoms with E-state index < -0.39 is 40.9 Å². The van der Waals surface area contributed by atoms with Crippen molar-refractivity contribution in [3.63, 3.8) is 0 Å². The van der Waals surface area contributed by atoms with Crippen LogP contribution >= 0.6 is 0 Å². The number of hydrogen-bond donors (Lipinski definition) is 2. The highest BCUT2D eigenvalue weighted by molar-refractivity contribution is 6.07. The van der Waals surface area contributed by atoms with Crippen LogP contribution in [0.15, 0.2) is 36.4 Å². The van der Waals surface area contributed by atoms with E-state index in [1.54, 1.807) is 0 Å². The van der Waals surface area contributed by atoms with E-state index in [0.29, 0.717) is 12.1 Å². The maximum atomic E-state index is 12.9. The highest BCUT2D eigenvalue weighted by Gasteiger charge is 2.37. The van der Waals surface area contributed by atoms with Gasteiger partial charge in [0.05, 0.1) is 16.7 Å². The first-order valence-electron chi connectivity index (χ1n) is 6.54. The van der Waals surface area contributed by atoms with Crippen molar-refractivity contribution in [2.45, 2.75) is 12.4 Å². The number of carbonyl (C=O) groups excluding carboxylic acids is 1. The van der Waals surface area contributed by atoms with E-state index in [9.17, 15) is 35.5 Å². The fourth-order valence-corrected chi connectivity index (χ4v) is 1.97. The molecule has 0 heterocycles. The minimum Gasteiger partial charge on any atom is -0.398 e. The summed E-state index contributed by atoms with van der Waals surface area (Å²) in [5, 5.41) is 1.90. The topological polar surface area (TPSA) is 55.1 Å². The molecule has 0 unspecified atom stereocenters. The highest BCUT2D eigenvalue weighted by atomic mass is 19.4. The molecule has 2 aromatic rings. The Morgan fingerprint density at radius 2 is 1.40 bits per heavy atom. The van der Waals surface area contributed by atoms with Gasteiger partial charge < -0.3 is 11.1 Å². The van der Waals surface area contributed by atoms with Gasteiger partial charge in [-0.1, -0.05) is 0 Å². The van der Waals surface area contributed by atoms with Crippen molar-refractivity contribution >= 4 is 17.3 Å². The van der Waals surface area contributed by atoms with Gasteiger partial charge in [-0.2, -0.15) is 26.3 Å². The molecule has 0 aliphatic rings. The smallest absolute Gasteiger partial charge is 0.398 e. The molecule has 1 amide bonds. The van der Waals surface area contributed by atoms with Crippen LogP contribution in [0.2, 0.25) is 0 Å². The molecule has 0 radical (unpaired) electrons. The number of alkyl halides is 6. The molecule has 0 saturated heterocycles. The van der Waals surface area contributed by atoms with Gasteiger partial charge in [0.1, 0.15) is 5.82 Å². The third-order valence-corrected chi connectivity index (χ3v) is 3.10. The van der Waals surface area contributed by atoms with Gasteiger partial charge in [-0.15, -0.1) is 0 Å². The van der Waals surface area contributed by atoms with Crippen molar-refractivity contribution in [1.29, 1.82) is 0 Å². The largest absolute Gasteiger partial charge is 0.416 e. The van der Waals surface area contributed by atoms with Crippen LogP contribution in [0.5, 0.6) is 0 Å². The second-order valence-corrected chi connectivity index (χ2v) is 4.98. The van der Waals surface area contributed by atoms with Crippen molar-refractivity contribution in [1.82, 2.24) is 0 Å². The van der Waals surface area contributed by atoms with E-state index in [1.807, 2.05) is 5.32 Å². The average molecular weight is 366 g/mol. The summed E-state index contributed by atoms with van der Waals surface area (Å²) < 4.78 is 89.5. The Morgan fingerprint density at radius 1 is 0.880 bits per heavy atom. The third kappa shape index (κ3) is 4.40. The van der Waals surface area contributed by atoms with E-state index in [-0.39, 0.29) is 17.3 Å². The Kier molecular flexibility index (Phi) is 4.65. The van der Waals surface area contributed by atoms with Crippen molar-refractivity contribution in [3.05, 3.63) is 58.9 Å². The number of amides is 1. The Hall–Kier alpha value is -2.78. The first kappa shape index (κ1) is 18.6. The van der Waals surface area contributed by atoms with E-state index in [4.69, 9.17) is 5.73 Å². The standard InChI is InChI=1S/C15H9F7N2O/c16-9-1-2-11(12(23)6-9)13(25)24-10-4-7(14(17,18)19)3-8(5-10)15(20,21)22/h1-6H,23H2,(H,24,25). The lowest BCUT2D eigenvalue weighted by Crippen LogP contribution is -2.17. The minimum atomic E-state index is -5.05. The molecular weight excluding hydrogens is 357 g/mol. The maximum Gasteiger partial charge on any atom is 0.416 e. The lowest BCUT2D eigenvalue weighted by molar-refractivity contribution is -0.143. The van der Waals surface area contributed by atoms with Crippen LogP contribution < -0.4 is 11.1 Å². The molecule has 2 rings (SSSR count). The molecule has 0 atom stereocenters. The Bertz CT molecular complexity index is 780. The molecule has 0 aliphatic heterocycles. The predicted octanol–water partition coefficient (Wildman–Crippen LogP) is 4.70. The van der Waals surface area contributed by atoms with Crippen LogP contribution in [0.3, 0.4) is 0 Å². The van der Waals surface area contributed by atoms with Gasteiger partial charge in [-0.25, -0.2) is 4.39 Å². The van der Waals surface area contributed by atoms with Crippen LogP contribution in [0.25, 0.3) is 0 Å². The fraction of sp³-hybridized carbons (Fsp3) is 0.133. The van der Waals surface area contributed by atoms with Gasteiger partial charge in [-0.05, 0) is 36.4 Å². The molecule has 0 fully saturated rings. The molecular formula is C15H9F7N2O. The van der Waals surface area contributed by atoms with Crippen LogP contribution in [-0.2, 0) is 12.4 Å². The molecule has 0 aliphatic carbocycles. The number of anilines is 2. The van der Waals surface area contributed by atoms with Crippen molar-refractivity contribution in [2.24, 2.45) is 0 Å². The van der Waals surface area contributed by atoms with Crippen molar-refractivity contribution in [2.75, 3.05) is 11.1 Å². The zero-order chi connectivity index (χ0) is 19.0. The quantitative estimate of drug-likeness (QED) is 0.598. The summed E-state index contributed by atoms with van der Waals surface area (Å²) >= 11 is 0. The molecule has 0 bridgehead atoms. The summed E-state index contributed by atoms with van der Waals surface area (Å²) in [6.45, 7) is 0. The maximum absolute atomic E-state index is 12.9. The number of hydrogen-bond acceptors (Lipinski definition) is 2. The zero-order valence-electron chi connectivity index (χ0n) is 12.1. The van der Waals surface area contributed by atoms with Crippen LogP contribution in [0, 0.1) is 5.82 Å². The molecule has 3 nitrogen and oxygen atoms in total. The lowest BCUT2D eigenvalue weighted by atomic mass is 10.1. The normalized spacial score (nSPS) is 12.1. The average Bonchev–Trinajstić information content (AvgIpc) is 2.44. The summed E-state index contributed by atoms with van der Waals surface area (Å²) in [4.78, 5) is 12.0. The second-order valence-electron chi connectivity index (χ2n) is 4.98. The van der Waals surface area contributed by atoms with Crippen LogP contribution in [-0.4, -0.2) is 5.91 Å². The van der Waals surface area contributed by atoms with Gasteiger partial charge in [0, 0.05) is 11.4 Å². The number of nitrogens with one attached hydrogen (secondary N) is 1. The number of nitrogens with two attached hydrogens (primary N) is 1. The van der Waals surface area contributed by atoms with Gasteiger partial charge in [0.2, 0.25) is 0 Å². The molecule has 25 heavy (non-hydrogen) atoms. The molecule has 0 saturated carbocycles. The minimum absolute atomic E-state index is 0.0675. The molecule has 0 spiro atoms. The third-order valence-electron chi connectivity index (χ3n) is 3.10. The number of carbonyl (C=O) groups is 1. The number of halogens is 7.